The zero-order valence-electron chi connectivity index (χ0n) is 11.3. The number of aromatic nitrogens is 1. The van der Waals surface area contributed by atoms with Crippen molar-refractivity contribution in [1.82, 2.24) is 10.3 Å². The lowest BCUT2D eigenvalue weighted by atomic mass is 9.99. The lowest BCUT2D eigenvalue weighted by Crippen LogP contribution is -2.19. The highest BCUT2D eigenvalue weighted by molar-refractivity contribution is 5.82. The summed E-state index contributed by atoms with van der Waals surface area (Å²) in [4.78, 5) is 4.42. The molecule has 2 nitrogen and oxygen atoms in total. The fourth-order valence-corrected chi connectivity index (χ4v) is 2.21. The van der Waals surface area contributed by atoms with Crippen LogP contribution in [0.2, 0.25) is 0 Å². The Morgan fingerprint density at radius 3 is 2.83 bits per heavy atom. The van der Waals surface area contributed by atoms with Gasteiger partial charge in [0.05, 0.1) is 11.6 Å². The molecule has 1 aromatic heterocycles. The summed E-state index contributed by atoms with van der Waals surface area (Å²) in [6.45, 7) is 7.35. The van der Waals surface area contributed by atoms with Gasteiger partial charge in [-0.1, -0.05) is 36.8 Å². The highest BCUT2D eigenvalue weighted by Gasteiger charge is 2.10. The van der Waals surface area contributed by atoms with E-state index in [2.05, 4.69) is 61.4 Å². The summed E-state index contributed by atoms with van der Waals surface area (Å²) in [5.41, 5.74) is 3.67. The monoisotopic (exact) mass is 240 g/mol. The average molecular weight is 240 g/mol. The maximum absolute atomic E-state index is 4.42. The molecule has 0 aliphatic heterocycles. The van der Waals surface area contributed by atoms with E-state index in [-0.39, 0.29) is 6.04 Å². The number of rotatable bonds is 4. The summed E-state index contributed by atoms with van der Waals surface area (Å²) in [5, 5.41) is 4.74. The van der Waals surface area contributed by atoms with Crippen LogP contribution in [0, 0.1) is 0 Å². The van der Waals surface area contributed by atoms with Gasteiger partial charge in [-0.25, -0.2) is 0 Å². The second-order valence-corrected chi connectivity index (χ2v) is 4.70. The normalized spacial score (nSPS) is 12.4. The molecule has 94 valence electrons. The van der Waals surface area contributed by atoms with Gasteiger partial charge in [0.15, 0.2) is 0 Å². The minimum absolute atomic E-state index is 0.257. The van der Waals surface area contributed by atoms with Gasteiger partial charge in [0.1, 0.15) is 0 Å². The number of likely N-dealkylation sites (N-methyl/N-ethyl adjacent to an activating group) is 1. The Morgan fingerprint density at radius 2 is 2.11 bits per heavy atom. The van der Waals surface area contributed by atoms with E-state index in [1.165, 1.54) is 16.5 Å². The van der Waals surface area contributed by atoms with Crippen LogP contribution in [-0.4, -0.2) is 11.5 Å². The maximum Gasteiger partial charge on any atom is 0.0705 e. The number of pyridine rings is 1. The Morgan fingerprint density at radius 1 is 1.28 bits per heavy atom. The molecule has 0 aliphatic carbocycles. The smallest absolute Gasteiger partial charge is 0.0705 e. The molecule has 0 amide bonds. The molecule has 0 spiro atoms. The molecule has 2 aromatic rings. The topological polar surface area (TPSA) is 24.9 Å². The standard InChI is InChI=1S/C16H20N2/c1-4-17-16(11-12(2)3)14-7-5-9-15-13(14)8-6-10-18-15/h5-11,16-17H,4H2,1-3H3. The molecule has 0 aliphatic rings. The molecular formula is C16H20N2. The van der Waals surface area contributed by atoms with Crippen molar-refractivity contribution in [3.05, 3.63) is 53.7 Å². The molecule has 1 atom stereocenters. The first-order valence-corrected chi connectivity index (χ1v) is 6.44. The highest BCUT2D eigenvalue weighted by Crippen LogP contribution is 2.24. The first kappa shape index (κ1) is 12.8. The van der Waals surface area contributed by atoms with E-state index in [0.29, 0.717) is 0 Å². The summed E-state index contributed by atoms with van der Waals surface area (Å²) in [5.74, 6) is 0. The van der Waals surface area contributed by atoms with E-state index in [9.17, 15) is 0 Å². The predicted molar refractivity (Wildman–Crippen MR) is 77.6 cm³/mol. The SMILES string of the molecule is CCNC(C=C(C)C)c1cccc2ncccc12. The molecule has 1 unspecified atom stereocenters. The number of nitrogens with one attached hydrogen (secondary N) is 1. The number of hydrogen-bond acceptors (Lipinski definition) is 2. The summed E-state index contributed by atoms with van der Waals surface area (Å²) in [6, 6.07) is 10.7. The largest absolute Gasteiger partial charge is 0.307 e. The van der Waals surface area contributed by atoms with Gasteiger partial charge in [-0.15, -0.1) is 0 Å². The van der Waals surface area contributed by atoms with Crippen LogP contribution in [0.5, 0.6) is 0 Å². The van der Waals surface area contributed by atoms with Crippen molar-refractivity contribution in [2.75, 3.05) is 6.54 Å². The summed E-state index contributed by atoms with van der Waals surface area (Å²) >= 11 is 0. The van der Waals surface area contributed by atoms with Crippen LogP contribution in [0.4, 0.5) is 0 Å². The molecule has 0 bridgehead atoms. The average Bonchev–Trinajstić information content (AvgIpc) is 2.37. The van der Waals surface area contributed by atoms with Crippen LogP contribution in [0.25, 0.3) is 10.9 Å². The molecule has 2 rings (SSSR count). The van der Waals surface area contributed by atoms with Crippen molar-refractivity contribution in [2.24, 2.45) is 0 Å². The third-order valence-electron chi connectivity index (χ3n) is 2.94. The molecule has 1 aromatic carbocycles. The summed E-state index contributed by atoms with van der Waals surface area (Å²) in [7, 11) is 0. The van der Waals surface area contributed by atoms with Crippen LogP contribution < -0.4 is 5.32 Å². The number of benzene rings is 1. The van der Waals surface area contributed by atoms with Gasteiger partial charge in [0.2, 0.25) is 0 Å². The number of nitrogens with zero attached hydrogens (tertiary/aromatic N) is 1. The summed E-state index contributed by atoms with van der Waals surface area (Å²) < 4.78 is 0. The van der Waals surface area contributed by atoms with Crippen LogP contribution in [0.1, 0.15) is 32.4 Å². The first-order valence-electron chi connectivity index (χ1n) is 6.44. The van der Waals surface area contributed by atoms with Gasteiger partial charge in [0, 0.05) is 11.6 Å². The Kier molecular flexibility index (Phi) is 4.11. The van der Waals surface area contributed by atoms with Gasteiger partial charge >= 0.3 is 0 Å². The number of allylic oxidation sites excluding steroid dienone is 1. The van der Waals surface area contributed by atoms with Crippen LogP contribution >= 0.6 is 0 Å². The fraction of sp³-hybridized carbons (Fsp3) is 0.312. The van der Waals surface area contributed by atoms with E-state index >= 15 is 0 Å². The molecule has 1 N–H and O–H groups in total. The van der Waals surface area contributed by atoms with Crippen molar-refractivity contribution in [3.8, 4) is 0 Å². The molecule has 18 heavy (non-hydrogen) atoms. The van der Waals surface area contributed by atoms with Gasteiger partial charge in [-0.3, -0.25) is 4.98 Å². The number of fused-ring (bicyclic) bond motifs is 1. The lowest BCUT2D eigenvalue weighted by molar-refractivity contribution is 0.648. The van der Waals surface area contributed by atoms with E-state index in [4.69, 9.17) is 0 Å². The molecule has 0 saturated carbocycles. The zero-order chi connectivity index (χ0) is 13.0. The van der Waals surface area contributed by atoms with E-state index in [1.807, 2.05) is 12.3 Å². The third kappa shape index (κ3) is 2.77. The molecule has 0 radical (unpaired) electrons. The highest BCUT2D eigenvalue weighted by atomic mass is 14.9. The Labute approximate surface area is 109 Å². The summed E-state index contributed by atoms with van der Waals surface area (Å²) in [6.07, 6.45) is 4.11. The van der Waals surface area contributed by atoms with Gasteiger partial charge < -0.3 is 5.32 Å². The third-order valence-corrected chi connectivity index (χ3v) is 2.94. The van der Waals surface area contributed by atoms with Crippen LogP contribution in [0.15, 0.2) is 48.2 Å². The quantitative estimate of drug-likeness (QED) is 0.821. The van der Waals surface area contributed by atoms with E-state index in [1.54, 1.807) is 0 Å². The maximum atomic E-state index is 4.42. The second-order valence-electron chi connectivity index (χ2n) is 4.70. The molecular weight excluding hydrogens is 220 g/mol. The van der Waals surface area contributed by atoms with Gasteiger partial charge in [-0.2, -0.15) is 0 Å². The Bertz CT molecular complexity index is 549. The number of hydrogen-bond donors (Lipinski definition) is 1. The van der Waals surface area contributed by atoms with E-state index in [0.717, 1.165) is 12.1 Å². The molecule has 1 heterocycles. The van der Waals surface area contributed by atoms with Gasteiger partial charge in [0.25, 0.3) is 0 Å². The Balaban J connectivity index is 2.53. The van der Waals surface area contributed by atoms with Crippen LogP contribution in [-0.2, 0) is 0 Å². The minimum Gasteiger partial charge on any atom is -0.307 e. The minimum atomic E-state index is 0.257. The molecule has 2 heteroatoms. The van der Waals surface area contributed by atoms with Crippen molar-refractivity contribution in [1.29, 1.82) is 0 Å². The molecule has 0 saturated heterocycles. The lowest BCUT2D eigenvalue weighted by Gasteiger charge is -2.17. The predicted octanol–water partition coefficient (Wildman–Crippen LogP) is 3.85. The first-order chi connectivity index (χ1) is 8.72. The van der Waals surface area contributed by atoms with E-state index < -0.39 is 0 Å². The van der Waals surface area contributed by atoms with Crippen molar-refractivity contribution in [3.63, 3.8) is 0 Å². The zero-order valence-corrected chi connectivity index (χ0v) is 11.3. The van der Waals surface area contributed by atoms with Crippen LogP contribution in [0.3, 0.4) is 0 Å². The van der Waals surface area contributed by atoms with Crippen molar-refractivity contribution < 1.29 is 0 Å². The van der Waals surface area contributed by atoms with Gasteiger partial charge in [-0.05, 0) is 38.1 Å². The second kappa shape index (κ2) is 5.78. The molecule has 0 fully saturated rings. The van der Waals surface area contributed by atoms with Crippen molar-refractivity contribution >= 4 is 10.9 Å². The van der Waals surface area contributed by atoms with Crippen molar-refractivity contribution in [2.45, 2.75) is 26.8 Å². The Hall–Kier alpha value is -1.67. The fourth-order valence-electron chi connectivity index (χ4n) is 2.21.